The van der Waals surface area contributed by atoms with Gasteiger partial charge < -0.3 is 14.9 Å². The third kappa shape index (κ3) is 2.74. The van der Waals surface area contributed by atoms with Gasteiger partial charge in [-0.25, -0.2) is 4.79 Å². The van der Waals surface area contributed by atoms with Gasteiger partial charge in [-0.1, -0.05) is 6.07 Å². The highest BCUT2D eigenvalue weighted by molar-refractivity contribution is 5.75. The van der Waals surface area contributed by atoms with E-state index in [0.717, 1.165) is 12.7 Å². The topological polar surface area (TPSA) is 79.7 Å². The number of esters is 1. The zero-order valence-corrected chi connectivity index (χ0v) is 8.54. The first-order valence-electron chi connectivity index (χ1n) is 4.41. The van der Waals surface area contributed by atoms with Crippen LogP contribution in [0.25, 0.3) is 0 Å². The lowest BCUT2D eigenvalue weighted by Crippen LogP contribution is -2.29. The number of ether oxygens (including phenoxy) is 1. The quantitative estimate of drug-likeness (QED) is 0.685. The van der Waals surface area contributed by atoms with Crippen LogP contribution < -0.4 is 0 Å². The first-order valence-corrected chi connectivity index (χ1v) is 4.41. The molecule has 0 bridgehead atoms. The zero-order valence-electron chi connectivity index (χ0n) is 8.54. The Hall–Kier alpha value is -1.46. The van der Waals surface area contributed by atoms with E-state index in [9.17, 15) is 15.0 Å². The van der Waals surface area contributed by atoms with Gasteiger partial charge in [0.15, 0.2) is 6.10 Å². The largest absolute Gasteiger partial charge is 0.467 e. The number of aromatic nitrogens is 1. The molecule has 0 aliphatic heterocycles. The second-order valence-corrected chi connectivity index (χ2v) is 3.21. The van der Waals surface area contributed by atoms with Gasteiger partial charge in [-0.15, -0.1) is 0 Å². The van der Waals surface area contributed by atoms with Crippen LogP contribution in [0.3, 0.4) is 0 Å². The Morgan fingerprint density at radius 1 is 1.47 bits per heavy atom. The molecule has 0 fully saturated rings. The molecule has 1 aromatic rings. The zero-order chi connectivity index (χ0) is 11.4. The van der Waals surface area contributed by atoms with Gasteiger partial charge >= 0.3 is 5.97 Å². The van der Waals surface area contributed by atoms with E-state index in [2.05, 4.69) is 9.72 Å². The van der Waals surface area contributed by atoms with Crippen molar-refractivity contribution in [1.29, 1.82) is 0 Å². The van der Waals surface area contributed by atoms with Crippen LogP contribution in [0.5, 0.6) is 0 Å². The van der Waals surface area contributed by atoms with Crippen LogP contribution in [0, 0.1) is 6.92 Å². The molecule has 0 amide bonds. The van der Waals surface area contributed by atoms with Crippen molar-refractivity contribution in [2.75, 3.05) is 7.11 Å². The smallest absolute Gasteiger partial charge is 0.337 e. The van der Waals surface area contributed by atoms with E-state index in [-0.39, 0.29) is 0 Å². The molecule has 15 heavy (non-hydrogen) atoms. The van der Waals surface area contributed by atoms with Crippen LogP contribution in [-0.2, 0) is 9.53 Å². The van der Waals surface area contributed by atoms with Gasteiger partial charge in [0.2, 0.25) is 0 Å². The summed E-state index contributed by atoms with van der Waals surface area (Å²) in [5.74, 6) is -0.871. The fourth-order valence-electron chi connectivity index (χ4n) is 1.17. The maximum Gasteiger partial charge on any atom is 0.337 e. The molecule has 1 heterocycles. The Morgan fingerprint density at radius 3 is 2.67 bits per heavy atom. The maximum atomic E-state index is 11.0. The summed E-state index contributed by atoms with van der Waals surface area (Å²) in [5.41, 5.74) is 1.22. The summed E-state index contributed by atoms with van der Waals surface area (Å²) in [7, 11) is 1.15. The van der Waals surface area contributed by atoms with Gasteiger partial charge in [0.05, 0.1) is 7.11 Å². The molecule has 0 aliphatic carbocycles. The summed E-state index contributed by atoms with van der Waals surface area (Å²) in [6, 6.07) is 1.64. The Bertz CT molecular complexity index is 353. The van der Waals surface area contributed by atoms with E-state index in [1.54, 1.807) is 19.2 Å². The number of aliphatic hydroxyl groups is 2. The minimum atomic E-state index is -1.58. The fraction of sp³-hybridized carbons (Fsp3) is 0.400. The fourth-order valence-corrected chi connectivity index (χ4v) is 1.17. The number of aliphatic hydroxyl groups excluding tert-OH is 2. The molecule has 1 rings (SSSR count). The van der Waals surface area contributed by atoms with Crippen molar-refractivity contribution in [3.8, 4) is 0 Å². The first-order chi connectivity index (χ1) is 7.06. The molecule has 0 aromatic carbocycles. The van der Waals surface area contributed by atoms with Gasteiger partial charge in [-0.3, -0.25) is 4.98 Å². The van der Waals surface area contributed by atoms with Crippen LogP contribution in [0.15, 0.2) is 18.5 Å². The van der Waals surface area contributed by atoms with Crippen molar-refractivity contribution in [1.82, 2.24) is 4.98 Å². The average Bonchev–Trinajstić information content (AvgIpc) is 2.26. The number of aryl methyl sites for hydroxylation is 1. The van der Waals surface area contributed by atoms with Crippen molar-refractivity contribution in [2.24, 2.45) is 0 Å². The normalized spacial score (nSPS) is 14.4. The minimum Gasteiger partial charge on any atom is -0.467 e. The number of carbonyl (C=O) groups is 1. The number of nitrogens with zero attached hydrogens (tertiary/aromatic N) is 1. The number of hydrogen-bond acceptors (Lipinski definition) is 5. The van der Waals surface area contributed by atoms with Crippen molar-refractivity contribution < 1.29 is 19.7 Å². The van der Waals surface area contributed by atoms with Crippen molar-refractivity contribution in [2.45, 2.75) is 19.1 Å². The summed E-state index contributed by atoms with van der Waals surface area (Å²) in [6.07, 6.45) is 0.105. The van der Waals surface area contributed by atoms with E-state index < -0.39 is 18.2 Å². The molecule has 5 nitrogen and oxygen atoms in total. The van der Waals surface area contributed by atoms with Crippen LogP contribution in [0.2, 0.25) is 0 Å². The molecule has 0 aliphatic rings. The van der Waals surface area contributed by atoms with Gasteiger partial charge in [-0.2, -0.15) is 0 Å². The second kappa shape index (κ2) is 4.86. The molecule has 2 unspecified atom stereocenters. The lowest BCUT2D eigenvalue weighted by Gasteiger charge is -2.15. The number of rotatable bonds is 3. The van der Waals surface area contributed by atoms with Gasteiger partial charge in [0.25, 0.3) is 0 Å². The van der Waals surface area contributed by atoms with Gasteiger partial charge in [0, 0.05) is 18.0 Å². The van der Waals surface area contributed by atoms with Gasteiger partial charge in [-0.05, 0) is 12.5 Å². The van der Waals surface area contributed by atoms with Crippen LogP contribution in [-0.4, -0.2) is 34.4 Å². The third-order valence-electron chi connectivity index (χ3n) is 1.98. The number of methoxy groups -OCH3 is 1. The standard InChI is InChI=1S/C10H13NO4/c1-6-3-7(5-11-4-6)8(12)9(13)10(14)15-2/h3-5,8-9,12-13H,1-2H3. The number of carbonyl (C=O) groups excluding carboxylic acids is 1. The molecule has 82 valence electrons. The molecule has 0 spiro atoms. The second-order valence-electron chi connectivity index (χ2n) is 3.21. The van der Waals surface area contributed by atoms with E-state index in [4.69, 9.17) is 0 Å². The Labute approximate surface area is 87.3 Å². The maximum absolute atomic E-state index is 11.0. The molecule has 0 saturated carbocycles. The molecule has 0 saturated heterocycles. The highest BCUT2D eigenvalue weighted by Gasteiger charge is 2.26. The summed E-state index contributed by atoms with van der Waals surface area (Å²) in [4.78, 5) is 14.8. The first kappa shape index (κ1) is 11.6. The monoisotopic (exact) mass is 211 g/mol. The molecular weight excluding hydrogens is 198 g/mol. The molecular formula is C10H13NO4. The molecule has 5 heteroatoms. The summed E-state index contributed by atoms with van der Waals surface area (Å²) in [5, 5.41) is 19.0. The number of hydrogen-bond donors (Lipinski definition) is 2. The van der Waals surface area contributed by atoms with E-state index >= 15 is 0 Å². The van der Waals surface area contributed by atoms with Crippen molar-refractivity contribution in [3.63, 3.8) is 0 Å². The minimum absolute atomic E-state index is 0.382. The predicted octanol–water partition coefficient (Wildman–Crippen LogP) is -0.0427. The molecule has 2 atom stereocenters. The predicted molar refractivity (Wildman–Crippen MR) is 52.0 cm³/mol. The lowest BCUT2D eigenvalue weighted by molar-refractivity contribution is -0.156. The number of pyridine rings is 1. The Balaban J connectivity index is 2.84. The SMILES string of the molecule is COC(=O)C(O)C(O)c1cncc(C)c1. The average molecular weight is 211 g/mol. The lowest BCUT2D eigenvalue weighted by atomic mass is 10.1. The van der Waals surface area contributed by atoms with Crippen molar-refractivity contribution >= 4 is 5.97 Å². The third-order valence-corrected chi connectivity index (χ3v) is 1.98. The Morgan fingerprint density at radius 2 is 2.13 bits per heavy atom. The van der Waals surface area contributed by atoms with E-state index in [0.29, 0.717) is 5.56 Å². The van der Waals surface area contributed by atoms with E-state index in [1.807, 2.05) is 0 Å². The van der Waals surface area contributed by atoms with Gasteiger partial charge in [0.1, 0.15) is 6.10 Å². The van der Waals surface area contributed by atoms with Crippen LogP contribution in [0.1, 0.15) is 17.2 Å². The van der Waals surface area contributed by atoms with Crippen LogP contribution >= 0.6 is 0 Å². The van der Waals surface area contributed by atoms with E-state index in [1.165, 1.54) is 6.20 Å². The molecule has 0 radical (unpaired) electrons. The summed E-state index contributed by atoms with van der Waals surface area (Å²) >= 11 is 0. The highest BCUT2D eigenvalue weighted by atomic mass is 16.5. The summed E-state index contributed by atoms with van der Waals surface area (Å²) < 4.78 is 4.32. The summed E-state index contributed by atoms with van der Waals surface area (Å²) in [6.45, 7) is 1.80. The molecule has 2 N–H and O–H groups in total. The van der Waals surface area contributed by atoms with Crippen molar-refractivity contribution in [3.05, 3.63) is 29.6 Å². The highest BCUT2D eigenvalue weighted by Crippen LogP contribution is 2.17. The van der Waals surface area contributed by atoms with Crippen LogP contribution in [0.4, 0.5) is 0 Å². The molecule has 1 aromatic heterocycles. The Kier molecular flexibility index (Phi) is 3.76.